The molecule has 77 heavy (non-hydrogen) atoms. The van der Waals surface area contributed by atoms with Gasteiger partial charge < -0.3 is 14.2 Å². The number of allylic oxidation sites excluding steroid dienone is 13. The van der Waals surface area contributed by atoms with Crippen molar-refractivity contribution in [1.29, 1.82) is 0 Å². The molecule has 0 fully saturated rings. The van der Waals surface area contributed by atoms with Gasteiger partial charge in [-0.05, 0) is 77.0 Å². The molecule has 0 radical (unpaired) electrons. The van der Waals surface area contributed by atoms with Crippen LogP contribution in [-0.4, -0.2) is 37.2 Å². The van der Waals surface area contributed by atoms with E-state index < -0.39 is 12.1 Å². The van der Waals surface area contributed by atoms with Crippen LogP contribution in [0.15, 0.2) is 85.1 Å². The molecular weight excluding hydrogens is 949 g/mol. The topological polar surface area (TPSA) is 78.9 Å². The molecule has 0 saturated heterocycles. The summed E-state index contributed by atoms with van der Waals surface area (Å²) in [5.74, 6) is -1.03. The Morgan fingerprint density at radius 2 is 0.558 bits per heavy atom. The first kappa shape index (κ1) is 73.6. The van der Waals surface area contributed by atoms with Crippen LogP contribution in [0.5, 0.6) is 0 Å². The van der Waals surface area contributed by atoms with E-state index in [2.05, 4.69) is 93.7 Å². The Morgan fingerprint density at radius 3 is 0.935 bits per heavy atom. The van der Waals surface area contributed by atoms with Crippen molar-refractivity contribution < 1.29 is 28.6 Å². The van der Waals surface area contributed by atoms with Crippen molar-refractivity contribution in [3.05, 3.63) is 85.1 Å². The van der Waals surface area contributed by atoms with E-state index in [-0.39, 0.29) is 31.6 Å². The third-order valence-corrected chi connectivity index (χ3v) is 14.4. The van der Waals surface area contributed by atoms with Crippen LogP contribution in [-0.2, 0) is 28.6 Å². The molecule has 1 unspecified atom stereocenters. The van der Waals surface area contributed by atoms with E-state index in [1.807, 2.05) is 6.08 Å². The minimum absolute atomic E-state index is 0.105. The van der Waals surface area contributed by atoms with E-state index in [0.29, 0.717) is 12.8 Å². The number of esters is 3. The Kier molecular flexibility index (Phi) is 62.2. The Morgan fingerprint density at radius 1 is 0.286 bits per heavy atom. The van der Waals surface area contributed by atoms with Crippen molar-refractivity contribution >= 4 is 17.9 Å². The molecule has 0 heterocycles. The summed E-state index contributed by atoms with van der Waals surface area (Å²) in [5.41, 5.74) is 0. The molecule has 0 bridgehead atoms. The molecule has 0 aliphatic heterocycles. The van der Waals surface area contributed by atoms with Gasteiger partial charge >= 0.3 is 17.9 Å². The lowest BCUT2D eigenvalue weighted by Crippen LogP contribution is -2.30. The van der Waals surface area contributed by atoms with Gasteiger partial charge in [-0.15, -0.1) is 0 Å². The summed E-state index contributed by atoms with van der Waals surface area (Å²) in [5, 5.41) is 0. The van der Waals surface area contributed by atoms with Gasteiger partial charge in [0.05, 0.1) is 6.42 Å². The molecule has 0 amide bonds. The molecule has 0 aliphatic rings. The number of ether oxygens (including phenoxy) is 3. The van der Waals surface area contributed by atoms with Crippen LogP contribution in [0.2, 0.25) is 0 Å². The summed E-state index contributed by atoms with van der Waals surface area (Å²) < 4.78 is 16.8. The minimum Gasteiger partial charge on any atom is -0.462 e. The van der Waals surface area contributed by atoms with Crippen LogP contribution in [0, 0.1) is 0 Å². The Hall–Kier alpha value is -3.41. The van der Waals surface area contributed by atoms with Crippen LogP contribution in [0.4, 0.5) is 0 Å². The van der Waals surface area contributed by atoms with Crippen LogP contribution in [0.3, 0.4) is 0 Å². The van der Waals surface area contributed by atoms with Crippen molar-refractivity contribution in [2.45, 2.75) is 335 Å². The molecule has 444 valence electrons. The standard InChI is InChI=1S/C71H124O6/c1-4-7-10-13-16-19-22-25-28-30-32-33-34-35-36-37-39-40-43-46-49-52-55-58-61-64-70(73)76-67-68(66-75-69(72)63-60-57-54-51-48-45-42-27-24-21-18-15-12-9-6-3)77-71(74)65-62-59-56-53-50-47-44-41-38-31-29-26-23-20-17-14-11-8-5-2/h9,12,17-18,20-21,26-27,29,42,48,51,57,60,68H,4-8,10-11,13-16,19,22-25,28,30-41,43-47,49-50,52-56,58-59,61-67H2,1-3H3/b12-9-,20-17-,21-18-,29-26-,42-27-,51-48-,60-57-. The maximum absolute atomic E-state index is 12.9. The highest BCUT2D eigenvalue weighted by molar-refractivity contribution is 5.72. The molecule has 0 N–H and O–H groups in total. The van der Waals surface area contributed by atoms with E-state index in [1.165, 1.54) is 212 Å². The van der Waals surface area contributed by atoms with Crippen molar-refractivity contribution in [3.8, 4) is 0 Å². The molecule has 0 aromatic heterocycles. The smallest absolute Gasteiger partial charge is 0.309 e. The Labute approximate surface area is 477 Å². The second kappa shape index (κ2) is 65.1. The van der Waals surface area contributed by atoms with Gasteiger partial charge in [0.2, 0.25) is 0 Å². The van der Waals surface area contributed by atoms with E-state index in [1.54, 1.807) is 6.08 Å². The normalized spacial score (nSPS) is 12.6. The minimum atomic E-state index is -0.819. The van der Waals surface area contributed by atoms with Gasteiger partial charge in [0.15, 0.2) is 6.10 Å². The van der Waals surface area contributed by atoms with Gasteiger partial charge in [-0.3, -0.25) is 14.4 Å². The summed E-state index contributed by atoms with van der Waals surface area (Å²) in [6.07, 6.45) is 86.3. The maximum Gasteiger partial charge on any atom is 0.309 e. The predicted molar refractivity (Wildman–Crippen MR) is 334 cm³/mol. The number of unbranched alkanes of at least 4 members (excludes halogenated alkanes) is 36. The average Bonchev–Trinajstić information content (AvgIpc) is 3.43. The van der Waals surface area contributed by atoms with Gasteiger partial charge in [0.25, 0.3) is 0 Å². The van der Waals surface area contributed by atoms with Gasteiger partial charge in [-0.25, -0.2) is 0 Å². The monoisotopic (exact) mass is 1070 g/mol. The highest BCUT2D eigenvalue weighted by Crippen LogP contribution is 2.17. The maximum atomic E-state index is 12.9. The zero-order valence-electron chi connectivity index (χ0n) is 51.0. The molecule has 0 aromatic rings. The number of carbonyl (C=O) groups is 3. The second-order valence-corrected chi connectivity index (χ2v) is 22.0. The Balaban J connectivity index is 4.35. The first-order chi connectivity index (χ1) is 38.0. The van der Waals surface area contributed by atoms with Crippen LogP contribution < -0.4 is 0 Å². The fourth-order valence-corrected chi connectivity index (χ4v) is 9.49. The highest BCUT2D eigenvalue weighted by atomic mass is 16.6. The molecule has 0 saturated carbocycles. The molecule has 6 heteroatoms. The van der Waals surface area contributed by atoms with E-state index in [0.717, 1.165) is 77.0 Å². The fourth-order valence-electron chi connectivity index (χ4n) is 9.49. The number of hydrogen-bond donors (Lipinski definition) is 0. The number of rotatable bonds is 60. The van der Waals surface area contributed by atoms with E-state index in [4.69, 9.17) is 14.2 Å². The van der Waals surface area contributed by atoms with E-state index >= 15 is 0 Å². The molecule has 1 atom stereocenters. The molecule has 0 aliphatic carbocycles. The molecule has 0 aromatic carbocycles. The van der Waals surface area contributed by atoms with Gasteiger partial charge in [0.1, 0.15) is 13.2 Å². The van der Waals surface area contributed by atoms with Crippen molar-refractivity contribution in [3.63, 3.8) is 0 Å². The zero-order chi connectivity index (χ0) is 55.7. The van der Waals surface area contributed by atoms with Crippen molar-refractivity contribution in [1.82, 2.24) is 0 Å². The molecule has 0 rings (SSSR count). The second-order valence-electron chi connectivity index (χ2n) is 22.0. The first-order valence-electron chi connectivity index (χ1n) is 33.1. The number of carbonyl (C=O) groups excluding carboxylic acids is 3. The van der Waals surface area contributed by atoms with Crippen molar-refractivity contribution in [2.75, 3.05) is 13.2 Å². The lowest BCUT2D eigenvalue weighted by atomic mass is 10.0. The molecule has 6 nitrogen and oxygen atoms in total. The van der Waals surface area contributed by atoms with Gasteiger partial charge in [-0.1, -0.05) is 318 Å². The fraction of sp³-hybridized carbons (Fsp3) is 0.761. The summed E-state index contributed by atoms with van der Waals surface area (Å²) >= 11 is 0. The summed E-state index contributed by atoms with van der Waals surface area (Å²) in [7, 11) is 0. The van der Waals surface area contributed by atoms with Crippen LogP contribution in [0.25, 0.3) is 0 Å². The van der Waals surface area contributed by atoms with E-state index in [9.17, 15) is 14.4 Å². The lowest BCUT2D eigenvalue weighted by Gasteiger charge is -2.18. The zero-order valence-corrected chi connectivity index (χ0v) is 51.0. The lowest BCUT2D eigenvalue weighted by molar-refractivity contribution is -0.166. The predicted octanol–water partition coefficient (Wildman–Crippen LogP) is 22.7. The third-order valence-electron chi connectivity index (χ3n) is 14.4. The first-order valence-corrected chi connectivity index (χ1v) is 33.1. The van der Waals surface area contributed by atoms with Gasteiger partial charge in [-0.2, -0.15) is 0 Å². The number of hydrogen-bond acceptors (Lipinski definition) is 6. The summed E-state index contributed by atoms with van der Waals surface area (Å²) in [6.45, 7) is 6.45. The highest BCUT2D eigenvalue weighted by Gasteiger charge is 2.19. The average molecular weight is 1070 g/mol. The largest absolute Gasteiger partial charge is 0.462 e. The molecule has 0 spiro atoms. The molecular formula is C71H124O6. The quantitative estimate of drug-likeness (QED) is 0.0261. The summed E-state index contributed by atoms with van der Waals surface area (Å²) in [4.78, 5) is 38.3. The Bertz CT molecular complexity index is 1470. The van der Waals surface area contributed by atoms with Crippen LogP contribution >= 0.6 is 0 Å². The van der Waals surface area contributed by atoms with Gasteiger partial charge in [0, 0.05) is 12.8 Å². The summed E-state index contributed by atoms with van der Waals surface area (Å²) in [6, 6.07) is 0. The van der Waals surface area contributed by atoms with Crippen molar-refractivity contribution in [2.24, 2.45) is 0 Å². The van der Waals surface area contributed by atoms with Crippen LogP contribution in [0.1, 0.15) is 329 Å². The SMILES string of the molecule is CC/C=C\C/C=C\C/C=C\C/C=C\C/C=C\CC(=O)OCC(COC(=O)CCCCCCCCCCCCCCCCCCCCCCCCCCC)OC(=O)CCCCCCCCCCC/C=C\C/C=C\CCCCC. The third kappa shape index (κ3) is 63.3.